The number of piperazine rings is 1. The summed E-state index contributed by atoms with van der Waals surface area (Å²) in [4.78, 5) is 9.63. The molecule has 2 aliphatic heterocycles. The number of fused-ring (bicyclic) bond motifs is 1. The molecule has 2 fully saturated rings. The van der Waals surface area contributed by atoms with E-state index in [0.717, 1.165) is 50.5 Å². The van der Waals surface area contributed by atoms with Crippen molar-refractivity contribution in [3.05, 3.63) is 53.7 Å². The lowest BCUT2D eigenvalue weighted by atomic mass is 10.1. The summed E-state index contributed by atoms with van der Waals surface area (Å²) < 4.78 is 11.3. The first kappa shape index (κ1) is 15.8. The predicted octanol–water partition coefficient (Wildman–Crippen LogP) is 2.46. The Balaban J connectivity index is 1.28. The van der Waals surface area contributed by atoms with E-state index in [9.17, 15) is 0 Å². The number of rotatable bonds is 5. The smallest absolute Gasteiger partial charge is 0.0947 e. The Morgan fingerprint density at radius 2 is 2.21 bits per heavy atom. The largest absolute Gasteiger partial charge is 0.472 e. The lowest BCUT2D eigenvalue weighted by Crippen LogP contribution is -2.49. The van der Waals surface area contributed by atoms with E-state index in [-0.39, 0.29) is 0 Å². The van der Waals surface area contributed by atoms with Gasteiger partial charge < -0.3 is 9.15 Å². The Morgan fingerprint density at radius 1 is 1.25 bits per heavy atom. The van der Waals surface area contributed by atoms with Crippen molar-refractivity contribution >= 4 is 0 Å². The average Bonchev–Trinajstić information content (AvgIpc) is 3.22. The van der Waals surface area contributed by atoms with Gasteiger partial charge in [-0.05, 0) is 31.5 Å². The normalized spacial score (nSPS) is 25.0. The van der Waals surface area contributed by atoms with E-state index in [1.54, 1.807) is 6.26 Å². The van der Waals surface area contributed by atoms with Crippen LogP contribution in [0.2, 0.25) is 0 Å². The summed E-state index contributed by atoms with van der Waals surface area (Å²) in [5.74, 6) is 0. The third-order valence-corrected chi connectivity index (χ3v) is 5.06. The Morgan fingerprint density at radius 3 is 3.04 bits per heavy atom. The maximum Gasteiger partial charge on any atom is 0.0947 e. The summed E-state index contributed by atoms with van der Waals surface area (Å²) in [6.45, 7) is 8.04. The zero-order valence-corrected chi connectivity index (χ0v) is 14.2. The van der Waals surface area contributed by atoms with Gasteiger partial charge >= 0.3 is 0 Å². The van der Waals surface area contributed by atoms with Crippen molar-refractivity contribution in [1.82, 2.24) is 14.8 Å². The monoisotopic (exact) mass is 327 g/mol. The molecule has 5 heteroatoms. The Bertz CT molecular complexity index is 658. The predicted molar refractivity (Wildman–Crippen MR) is 91.5 cm³/mol. The topological polar surface area (TPSA) is 41.7 Å². The molecule has 5 nitrogen and oxygen atoms in total. The Labute approximate surface area is 143 Å². The van der Waals surface area contributed by atoms with Gasteiger partial charge in [-0.25, -0.2) is 0 Å². The highest BCUT2D eigenvalue weighted by molar-refractivity contribution is 5.09. The first-order valence-corrected chi connectivity index (χ1v) is 8.78. The standard InChI is InChI=1S/C19H25N3O2/c1-15-3-2-4-17(20-15)14-24-19-9-18-11-21(6-7-22(18)12-19)10-16-5-8-23-13-16/h2-5,8,13,18-19H,6-7,9-12,14H2,1H3/t18-,19+/m1/s1. The molecular weight excluding hydrogens is 302 g/mol. The van der Waals surface area contributed by atoms with Gasteiger partial charge in [0.25, 0.3) is 0 Å². The number of furan rings is 1. The lowest BCUT2D eigenvalue weighted by Gasteiger charge is -2.37. The molecule has 2 aromatic heterocycles. The molecule has 0 bridgehead atoms. The maximum absolute atomic E-state index is 6.14. The quantitative estimate of drug-likeness (QED) is 0.844. The highest BCUT2D eigenvalue weighted by atomic mass is 16.5. The molecule has 0 spiro atoms. The first-order chi connectivity index (χ1) is 11.8. The van der Waals surface area contributed by atoms with Gasteiger partial charge in [-0.1, -0.05) is 6.07 Å². The summed E-state index contributed by atoms with van der Waals surface area (Å²) in [5.41, 5.74) is 3.34. The molecule has 128 valence electrons. The highest BCUT2D eigenvalue weighted by Gasteiger charge is 2.36. The van der Waals surface area contributed by atoms with Gasteiger partial charge in [0, 0.05) is 50.0 Å². The molecule has 0 saturated carbocycles. The fourth-order valence-electron chi connectivity index (χ4n) is 3.85. The summed E-state index contributed by atoms with van der Waals surface area (Å²) in [5, 5.41) is 0. The van der Waals surface area contributed by atoms with Crippen molar-refractivity contribution in [1.29, 1.82) is 0 Å². The van der Waals surface area contributed by atoms with Gasteiger partial charge in [0.1, 0.15) is 0 Å². The van der Waals surface area contributed by atoms with Crippen molar-refractivity contribution in [2.45, 2.75) is 38.6 Å². The van der Waals surface area contributed by atoms with Crippen molar-refractivity contribution in [3.8, 4) is 0 Å². The van der Waals surface area contributed by atoms with Gasteiger partial charge in [0.15, 0.2) is 0 Å². The molecule has 0 radical (unpaired) electrons. The van der Waals surface area contributed by atoms with Gasteiger partial charge in [0.05, 0.1) is 30.9 Å². The maximum atomic E-state index is 6.14. The molecule has 2 atom stereocenters. The van der Waals surface area contributed by atoms with Crippen molar-refractivity contribution in [3.63, 3.8) is 0 Å². The van der Waals surface area contributed by atoms with Crippen molar-refractivity contribution in [2.24, 2.45) is 0 Å². The molecule has 4 heterocycles. The molecular formula is C19H25N3O2. The van der Waals surface area contributed by atoms with Crippen LogP contribution in [0.1, 0.15) is 23.4 Å². The molecule has 2 aliphatic rings. The van der Waals surface area contributed by atoms with Crippen LogP contribution in [0.5, 0.6) is 0 Å². The van der Waals surface area contributed by atoms with Crippen LogP contribution in [0.25, 0.3) is 0 Å². The van der Waals surface area contributed by atoms with Gasteiger partial charge in [0.2, 0.25) is 0 Å². The van der Waals surface area contributed by atoms with E-state index in [2.05, 4.69) is 20.9 Å². The summed E-state index contributed by atoms with van der Waals surface area (Å²) in [7, 11) is 0. The number of hydrogen-bond acceptors (Lipinski definition) is 5. The fourth-order valence-corrected chi connectivity index (χ4v) is 3.85. The molecule has 0 unspecified atom stereocenters. The van der Waals surface area contributed by atoms with E-state index in [0.29, 0.717) is 18.8 Å². The molecule has 4 rings (SSSR count). The SMILES string of the molecule is Cc1cccc(CO[C@H]2C[C@@H]3CN(Cc4ccoc4)CCN3C2)n1. The van der Waals surface area contributed by atoms with E-state index in [1.807, 2.05) is 31.4 Å². The minimum Gasteiger partial charge on any atom is -0.472 e. The first-order valence-electron chi connectivity index (χ1n) is 8.78. The number of aryl methyl sites for hydroxylation is 1. The number of nitrogens with zero attached hydrogens (tertiary/aromatic N) is 3. The van der Waals surface area contributed by atoms with Crippen LogP contribution in [0.4, 0.5) is 0 Å². The minimum absolute atomic E-state index is 0.325. The zero-order chi connectivity index (χ0) is 16.4. The van der Waals surface area contributed by atoms with Gasteiger partial charge in [-0.3, -0.25) is 14.8 Å². The van der Waals surface area contributed by atoms with Crippen LogP contribution in [-0.4, -0.2) is 53.1 Å². The van der Waals surface area contributed by atoms with Crippen LogP contribution in [0.3, 0.4) is 0 Å². The molecule has 0 amide bonds. The third kappa shape index (κ3) is 3.69. The second kappa shape index (κ2) is 7.05. The summed E-state index contributed by atoms with van der Waals surface area (Å²) in [6.07, 6.45) is 5.05. The van der Waals surface area contributed by atoms with Crippen LogP contribution >= 0.6 is 0 Å². The molecule has 0 aliphatic carbocycles. The molecule has 0 aromatic carbocycles. The fraction of sp³-hybridized carbons (Fsp3) is 0.526. The van der Waals surface area contributed by atoms with E-state index in [1.165, 1.54) is 5.56 Å². The van der Waals surface area contributed by atoms with Crippen LogP contribution < -0.4 is 0 Å². The zero-order valence-electron chi connectivity index (χ0n) is 14.2. The molecule has 0 N–H and O–H groups in total. The summed E-state index contributed by atoms with van der Waals surface area (Å²) in [6, 6.07) is 8.78. The Kier molecular flexibility index (Phi) is 4.65. The molecule has 2 aromatic rings. The number of pyridine rings is 1. The van der Waals surface area contributed by atoms with Crippen LogP contribution in [-0.2, 0) is 17.9 Å². The van der Waals surface area contributed by atoms with E-state index < -0.39 is 0 Å². The third-order valence-electron chi connectivity index (χ3n) is 5.06. The van der Waals surface area contributed by atoms with Crippen molar-refractivity contribution < 1.29 is 9.15 Å². The number of ether oxygens (including phenoxy) is 1. The Hall–Kier alpha value is -1.69. The molecule has 2 saturated heterocycles. The second-order valence-corrected chi connectivity index (χ2v) is 6.95. The lowest BCUT2D eigenvalue weighted by molar-refractivity contribution is 0.0439. The second-order valence-electron chi connectivity index (χ2n) is 6.95. The van der Waals surface area contributed by atoms with Gasteiger partial charge in [-0.2, -0.15) is 0 Å². The summed E-state index contributed by atoms with van der Waals surface area (Å²) >= 11 is 0. The van der Waals surface area contributed by atoms with Crippen LogP contribution in [0, 0.1) is 6.92 Å². The number of aromatic nitrogens is 1. The van der Waals surface area contributed by atoms with E-state index >= 15 is 0 Å². The van der Waals surface area contributed by atoms with Crippen LogP contribution in [0.15, 0.2) is 41.2 Å². The molecule has 24 heavy (non-hydrogen) atoms. The number of hydrogen-bond donors (Lipinski definition) is 0. The average molecular weight is 327 g/mol. The van der Waals surface area contributed by atoms with Crippen molar-refractivity contribution in [2.75, 3.05) is 26.2 Å². The van der Waals surface area contributed by atoms with E-state index in [4.69, 9.17) is 9.15 Å². The highest BCUT2D eigenvalue weighted by Crippen LogP contribution is 2.25. The van der Waals surface area contributed by atoms with Gasteiger partial charge in [-0.15, -0.1) is 0 Å². The minimum atomic E-state index is 0.325.